The maximum atomic E-state index is 12.6. The van der Waals surface area contributed by atoms with Crippen molar-refractivity contribution < 1.29 is 9.59 Å². The highest BCUT2D eigenvalue weighted by molar-refractivity contribution is 7.10. The van der Waals surface area contributed by atoms with Crippen molar-refractivity contribution in [1.29, 1.82) is 0 Å². The van der Waals surface area contributed by atoms with Crippen molar-refractivity contribution in [1.82, 2.24) is 10.6 Å². The Morgan fingerprint density at radius 1 is 0.933 bits per heavy atom. The molecule has 0 saturated carbocycles. The van der Waals surface area contributed by atoms with Crippen LogP contribution in [0.2, 0.25) is 0 Å². The first kappa shape index (κ1) is 21.7. The molecule has 30 heavy (non-hydrogen) atoms. The van der Waals surface area contributed by atoms with Gasteiger partial charge in [0.25, 0.3) is 0 Å². The second-order valence-electron chi connectivity index (χ2n) is 7.28. The number of para-hydroxylation sites is 1. The fourth-order valence-electron chi connectivity index (χ4n) is 3.29. The van der Waals surface area contributed by atoms with E-state index in [-0.39, 0.29) is 24.4 Å². The van der Waals surface area contributed by atoms with Crippen molar-refractivity contribution in [3.63, 3.8) is 0 Å². The number of rotatable bonds is 8. The monoisotopic (exact) mass is 421 g/mol. The van der Waals surface area contributed by atoms with Gasteiger partial charge in [-0.15, -0.1) is 11.3 Å². The summed E-state index contributed by atoms with van der Waals surface area (Å²) < 4.78 is 0. The molecule has 0 saturated heterocycles. The number of hydrogen-bond donors (Lipinski definition) is 3. The lowest BCUT2D eigenvalue weighted by molar-refractivity contribution is -0.125. The molecular formula is C24H27N3O2S. The summed E-state index contributed by atoms with van der Waals surface area (Å²) in [6.45, 7) is 5.62. The van der Waals surface area contributed by atoms with Crippen LogP contribution in [0.4, 0.5) is 5.69 Å². The van der Waals surface area contributed by atoms with Crippen LogP contribution >= 0.6 is 11.3 Å². The van der Waals surface area contributed by atoms with Crippen molar-refractivity contribution in [3.8, 4) is 0 Å². The quantitative estimate of drug-likeness (QED) is 0.511. The molecule has 0 spiro atoms. The van der Waals surface area contributed by atoms with Gasteiger partial charge in [-0.2, -0.15) is 0 Å². The van der Waals surface area contributed by atoms with Crippen molar-refractivity contribution >= 4 is 28.8 Å². The molecule has 3 N–H and O–H groups in total. The number of benzene rings is 2. The van der Waals surface area contributed by atoms with Crippen molar-refractivity contribution in [3.05, 3.63) is 87.6 Å². The second-order valence-corrected chi connectivity index (χ2v) is 8.26. The Balaban J connectivity index is 1.59. The molecule has 0 radical (unpaired) electrons. The molecule has 6 heteroatoms. The van der Waals surface area contributed by atoms with Gasteiger partial charge in [0.1, 0.15) is 0 Å². The molecule has 3 rings (SSSR count). The fourth-order valence-corrected chi connectivity index (χ4v) is 4.10. The van der Waals surface area contributed by atoms with Gasteiger partial charge in [-0.3, -0.25) is 14.9 Å². The zero-order chi connectivity index (χ0) is 21.5. The van der Waals surface area contributed by atoms with Crippen LogP contribution in [0.5, 0.6) is 0 Å². The largest absolute Gasteiger partial charge is 0.346 e. The number of anilines is 1. The highest BCUT2D eigenvalue weighted by Gasteiger charge is 2.21. The molecule has 2 aromatic carbocycles. The van der Waals surface area contributed by atoms with E-state index < -0.39 is 6.04 Å². The number of nitrogens with one attached hydrogen (secondary N) is 3. The topological polar surface area (TPSA) is 70.2 Å². The third kappa shape index (κ3) is 5.55. The molecule has 0 bridgehead atoms. The lowest BCUT2D eigenvalue weighted by Crippen LogP contribution is -2.46. The Morgan fingerprint density at radius 2 is 1.63 bits per heavy atom. The Hall–Kier alpha value is -2.96. The molecule has 1 aromatic heterocycles. The minimum absolute atomic E-state index is 0.0758. The molecule has 5 nitrogen and oxygen atoms in total. The highest BCUT2D eigenvalue weighted by Crippen LogP contribution is 2.26. The van der Waals surface area contributed by atoms with Gasteiger partial charge in [0.15, 0.2) is 0 Å². The molecule has 0 aliphatic carbocycles. The summed E-state index contributed by atoms with van der Waals surface area (Å²) in [5.41, 5.74) is 3.87. The lowest BCUT2D eigenvalue weighted by atomic mass is 10.0. The number of hydrogen-bond acceptors (Lipinski definition) is 4. The average molecular weight is 422 g/mol. The molecule has 0 aliphatic heterocycles. The number of carbonyl (C=O) groups excluding carboxylic acids is 2. The zero-order valence-corrected chi connectivity index (χ0v) is 18.3. The van der Waals surface area contributed by atoms with Gasteiger partial charge in [-0.1, -0.05) is 54.6 Å². The second kappa shape index (κ2) is 10.2. The minimum Gasteiger partial charge on any atom is -0.346 e. The van der Waals surface area contributed by atoms with Crippen LogP contribution in [0.15, 0.2) is 66.0 Å². The van der Waals surface area contributed by atoms with E-state index in [1.165, 1.54) is 0 Å². The molecule has 0 fully saturated rings. The van der Waals surface area contributed by atoms with E-state index in [1.54, 1.807) is 11.3 Å². The van der Waals surface area contributed by atoms with Crippen LogP contribution in [0.3, 0.4) is 0 Å². The van der Waals surface area contributed by atoms with E-state index >= 15 is 0 Å². The summed E-state index contributed by atoms with van der Waals surface area (Å²) in [7, 11) is 0. The molecule has 0 unspecified atom stereocenters. The number of amides is 2. The standard InChI is InChI=1S/C24H27N3O2S/c1-16-9-7-10-17(2)22(16)27-21(28)15-25-24(29)18(3)26-23(20-13-8-14-30-20)19-11-5-4-6-12-19/h4-14,18,23,26H,15H2,1-3H3,(H,25,29)(H,27,28)/t18-,23+/m0/s1. The maximum Gasteiger partial charge on any atom is 0.243 e. The van der Waals surface area contributed by atoms with E-state index in [4.69, 9.17) is 0 Å². The van der Waals surface area contributed by atoms with E-state index in [0.29, 0.717) is 0 Å². The summed E-state index contributed by atoms with van der Waals surface area (Å²) in [6, 6.07) is 19.4. The predicted octanol–water partition coefficient (Wildman–Crippen LogP) is 4.19. The van der Waals surface area contributed by atoms with Gasteiger partial charge in [0.05, 0.1) is 18.6 Å². The SMILES string of the molecule is Cc1cccc(C)c1NC(=O)CNC(=O)[C@H](C)N[C@H](c1ccccc1)c1cccs1. The van der Waals surface area contributed by atoms with E-state index in [1.807, 2.05) is 80.7 Å². The zero-order valence-electron chi connectivity index (χ0n) is 17.4. The van der Waals surface area contributed by atoms with Gasteiger partial charge < -0.3 is 10.6 Å². The summed E-state index contributed by atoms with van der Waals surface area (Å²) >= 11 is 1.64. The normalized spacial score (nSPS) is 12.8. The molecular weight excluding hydrogens is 394 g/mol. The molecule has 3 aromatic rings. The highest BCUT2D eigenvalue weighted by atomic mass is 32.1. The first-order chi connectivity index (χ1) is 14.5. The summed E-state index contributed by atoms with van der Waals surface area (Å²) in [4.78, 5) is 26.1. The third-order valence-electron chi connectivity index (χ3n) is 4.94. The molecule has 2 atom stereocenters. The van der Waals surface area contributed by atoms with E-state index in [9.17, 15) is 9.59 Å². The summed E-state index contributed by atoms with van der Waals surface area (Å²) in [5.74, 6) is -0.463. The van der Waals surface area contributed by atoms with Crippen LogP contribution in [-0.2, 0) is 9.59 Å². The molecule has 1 heterocycles. The molecule has 0 aliphatic rings. The Morgan fingerprint density at radius 3 is 2.27 bits per heavy atom. The van der Waals surface area contributed by atoms with Gasteiger partial charge >= 0.3 is 0 Å². The van der Waals surface area contributed by atoms with Gasteiger partial charge in [0.2, 0.25) is 11.8 Å². The third-order valence-corrected chi connectivity index (χ3v) is 5.88. The van der Waals surface area contributed by atoms with Crippen LogP contribution in [-0.4, -0.2) is 24.4 Å². The Kier molecular flexibility index (Phi) is 7.38. The molecule has 2 amide bonds. The van der Waals surface area contributed by atoms with E-state index in [2.05, 4.69) is 22.0 Å². The Labute approximate surface area is 181 Å². The van der Waals surface area contributed by atoms with Gasteiger partial charge in [0, 0.05) is 10.6 Å². The van der Waals surface area contributed by atoms with Crippen molar-refractivity contribution in [2.24, 2.45) is 0 Å². The van der Waals surface area contributed by atoms with Crippen LogP contribution in [0, 0.1) is 13.8 Å². The van der Waals surface area contributed by atoms with Gasteiger partial charge in [-0.05, 0) is 48.9 Å². The average Bonchev–Trinajstić information content (AvgIpc) is 3.28. The first-order valence-electron chi connectivity index (χ1n) is 9.94. The van der Waals surface area contributed by atoms with Crippen molar-refractivity contribution in [2.75, 3.05) is 11.9 Å². The van der Waals surface area contributed by atoms with E-state index in [0.717, 1.165) is 27.3 Å². The Bertz CT molecular complexity index is 967. The first-order valence-corrected chi connectivity index (χ1v) is 10.8. The predicted molar refractivity (Wildman–Crippen MR) is 123 cm³/mol. The van der Waals surface area contributed by atoms with Crippen molar-refractivity contribution in [2.45, 2.75) is 32.9 Å². The number of thiophene rings is 1. The van der Waals surface area contributed by atoms with Gasteiger partial charge in [-0.25, -0.2) is 0 Å². The number of carbonyl (C=O) groups is 2. The maximum absolute atomic E-state index is 12.6. The van der Waals surface area contributed by atoms with Crippen LogP contribution in [0.25, 0.3) is 0 Å². The summed E-state index contributed by atoms with van der Waals surface area (Å²) in [6.07, 6.45) is 0. The molecule has 156 valence electrons. The lowest BCUT2D eigenvalue weighted by Gasteiger charge is -2.22. The minimum atomic E-state index is -0.467. The van der Waals surface area contributed by atoms with Crippen LogP contribution in [0.1, 0.15) is 34.5 Å². The van der Waals surface area contributed by atoms with Crippen LogP contribution < -0.4 is 16.0 Å². The summed E-state index contributed by atoms with van der Waals surface area (Å²) in [5, 5.41) is 11.0. The fraction of sp³-hybridized carbons (Fsp3) is 0.250. The number of aryl methyl sites for hydroxylation is 2. The smallest absolute Gasteiger partial charge is 0.243 e.